The van der Waals surface area contributed by atoms with Crippen molar-refractivity contribution in [2.45, 2.75) is 32.2 Å². The molecule has 5 rings (SSSR count). The highest BCUT2D eigenvalue weighted by atomic mass is 32.2. The number of sulfonamides is 1. The molecular formula is C25H27N3O4S. The van der Waals surface area contributed by atoms with Crippen LogP contribution in [-0.4, -0.2) is 42.6 Å². The molecule has 2 aliphatic rings. The zero-order valence-corrected chi connectivity index (χ0v) is 19.3. The number of aromatic nitrogens is 1. The molecule has 0 spiro atoms. The Labute approximate surface area is 193 Å². The average molecular weight is 466 g/mol. The van der Waals surface area contributed by atoms with E-state index in [9.17, 15) is 18.0 Å². The minimum Gasteiger partial charge on any atom is -0.338 e. The second kappa shape index (κ2) is 8.33. The number of fused-ring (bicyclic) bond motifs is 5. The molecule has 1 aromatic heterocycles. The number of nitrogens with zero attached hydrogens (tertiary/aromatic N) is 2. The standard InChI is InChI=1S/C25H27N3O4S/c1-2-11-33(31,32)26-22-9-10-23-21-12-17(15-28(23)25(22)30)14-27(16-21)24(29)20-8-7-18-5-3-4-6-19(18)13-20/h3-10,13,17,21,26H,2,11-12,14-16H2,1H3. The predicted octanol–water partition coefficient (Wildman–Crippen LogP) is 3.41. The fourth-order valence-electron chi connectivity index (χ4n) is 5.18. The molecule has 2 bridgehead atoms. The lowest BCUT2D eigenvalue weighted by Crippen LogP contribution is -2.49. The fourth-order valence-corrected chi connectivity index (χ4v) is 6.31. The molecule has 3 heterocycles. The van der Waals surface area contributed by atoms with Gasteiger partial charge in [-0.3, -0.25) is 14.3 Å². The number of hydrogen-bond acceptors (Lipinski definition) is 4. The summed E-state index contributed by atoms with van der Waals surface area (Å²) in [5.74, 6) is 0.192. The molecular weight excluding hydrogens is 438 g/mol. The maximum atomic E-state index is 13.3. The van der Waals surface area contributed by atoms with E-state index in [4.69, 9.17) is 0 Å². The normalized spacial score (nSPS) is 19.8. The minimum absolute atomic E-state index is 0.00944. The van der Waals surface area contributed by atoms with Gasteiger partial charge in [0.2, 0.25) is 10.0 Å². The summed E-state index contributed by atoms with van der Waals surface area (Å²) in [4.78, 5) is 28.2. The number of pyridine rings is 1. The lowest BCUT2D eigenvalue weighted by atomic mass is 9.83. The second-order valence-electron chi connectivity index (χ2n) is 9.08. The summed E-state index contributed by atoms with van der Waals surface area (Å²) in [7, 11) is -3.53. The second-order valence-corrected chi connectivity index (χ2v) is 10.9. The van der Waals surface area contributed by atoms with Crippen LogP contribution in [0.1, 0.15) is 41.7 Å². The molecule has 8 heteroatoms. The molecule has 1 saturated heterocycles. The van der Waals surface area contributed by atoms with Gasteiger partial charge >= 0.3 is 0 Å². The molecule has 1 fully saturated rings. The van der Waals surface area contributed by atoms with Crippen LogP contribution in [0.3, 0.4) is 0 Å². The highest BCUT2D eigenvalue weighted by Gasteiger charge is 2.37. The maximum absolute atomic E-state index is 13.3. The molecule has 2 unspecified atom stereocenters. The molecule has 2 atom stereocenters. The third kappa shape index (κ3) is 4.15. The maximum Gasteiger partial charge on any atom is 0.275 e. The fraction of sp³-hybridized carbons (Fsp3) is 0.360. The zero-order chi connectivity index (χ0) is 23.2. The molecule has 172 valence electrons. The summed E-state index contributed by atoms with van der Waals surface area (Å²) in [6.45, 7) is 3.39. The van der Waals surface area contributed by atoms with E-state index >= 15 is 0 Å². The average Bonchev–Trinajstić information content (AvgIpc) is 2.80. The molecule has 0 radical (unpaired) electrons. The molecule has 2 aromatic carbocycles. The van der Waals surface area contributed by atoms with Crippen LogP contribution >= 0.6 is 0 Å². The van der Waals surface area contributed by atoms with Crippen LogP contribution in [0.15, 0.2) is 59.4 Å². The van der Waals surface area contributed by atoms with Crippen molar-refractivity contribution < 1.29 is 13.2 Å². The van der Waals surface area contributed by atoms with Crippen molar-refractivity contribution in [2.75, 3.05) is 23.6 Å². The van der Waals surface area contributed by atoms with E-state index in [0.29, 0.717) is 31.6 Å². The van der Waals surface area contributed by atoms with Crippen LogP contribution in [0, 0.1) is 5.92 Å². The van der Waals surface area contributed by atoms with Crippen molar-refractivity contribution in [3.8, 4) is 0 Å². The number of likely N-dealkylation sites (tertiary alicyclic amines) is 1. The van der Waals surface area contributed by atoms with Gasteiger partial charge in [0, 0.05) is 36.8 Å². The van der Waals surface area contributed by atoms with E-state index < -0.39 is 10.0 Å². The summed E-state index contributed by atoms with van der Waals surface area (Å²) in [5.41, 5.74) is 1.32. The number of benzene rings is 2. The van der Waals surface area contributed by atoms with Gasteiger partial charge in [-0.05, 0) is 53.8 Å². The van der Waals surface area contributed by atoms with Crippen LogP contribution in [0.4, 0.5) is 5.69 Å². The lowest BCUT2D eigenvalue weighted by Gasteiger charge is -2.43. The van der Waals surface area contributed by atoms with E-state index in [1.165, 1.54) is 0 Å². The number of piperidine rings is 1. The summed E-state index contributed by atoms with van der Waals surface area (Å²) in [6.07, 6.45) is 1.40. The highest BCUT2D eigenvalue weighted by Crippen LogP contribution is 2.36. The zero-order valence-electron chi connectivity index (χ0n) is 18.5. The van der Waals surface area contributed by atoms with Crippen molar-refractivity contribution in [3.63, 3.8) is 0 Å². The first kappa shape index (κ1) is 21.7. The molecule has 1 amide bonds. The molecule has 33 heavy (non-hydrogen) atoms. The van der Waals surface area contributed by atoms with Gasteiger partial charge in [-0.1, -0.05) is 37.3 Å². The smallest absolute Gasteiger partial charge is 0.275 e. The van der Waals surface area contributed by atoms with Gasteiger partial charge in [0.05, 0.1) is 5.75 Å². The number of carbonyl (C=O) groups is 1. The van der Waals surface area contributed by atoms with E-state index in [0.717, 1.165) is 22.9 Å². The molecule has 0 aliphatic carbocycles. The molecule has 3 aromatic rings. The van der Waals surface area contributed by atoms with E-state index in [-0.39, 0.29) is 34.7 Å². The Morgan fingerprint density at radius 1 is 1.03 bits per heavy atom. The molecule has 2 aliphatic heterocycles. The number of amides is 1. The Bertz CT molecular complexity index is 1400. The van der Waals surface area contributed by atoms with E-state index in [2.05, 4.69) is 4.72 Å². The Hall–Kier alpha value is -3.13. The Morgan fingerprint density at radius 3 is 2.61 bits per heavy atom. The van der Waals surface area contributed by atoms with Crippen molar-refractivity contribution >= 4 is 32.4 Å². The Morgan fingerprint density at radius 2 is 1.82 bits per heavy atom. The Kier molecular flexibility index (Phi) is 5.48. The van der Waals surface area contributed by atoms with Gasteiger partial charge in [0.15, 0.2) is 0 Å². The summed E-state index contributed by atoms with van der Waals surface area (Å²) < 4.78 is 28.4. The first-order valence-corrected chi connectivity index (χ1v) is 13.0. The minimum atomic E-state index is -3.53. The predicted molar refractivity (Wildman–Crippen MR) is 129 cm³/mol. The van der Waals surface area contributed by atoms with Crippen LogP contribution < -0.4 is 10.3 Å². The van der Waals surface area contributed by atoms with Crippen molar-refractivity contribution in [1.29, 1.82) is 0 Å². The summed E-state index contributed by atoms with van der Waals surface area (Å²) in [6, 6.07) is 17.2. The molecule has 1 N–H and O–H groups in total. The number of nitrogens with one attached hydrogen (secondary N) is 1. The van der Waals surface area contributed by atoms with Crippen LogP contribution in [0.5, 0.6) is 0 Å². The third-order valence-corrected chi connectivity index (χ3v) is 8.10. The Balaban J connectivity index is 1.40. The largest absolute Gasteiger partial charge is 0.338 e. The first-order valence-electron chi connectivity index (χ1n) is 11.4. The number of rotatable bonds is 5. The van der Waals surface area contributed by atoms with Gasteiger partial charge in [0.1, 0.15) is 5.69 Å². The van der Waals surface area contributed by atoms with E-state index in [1.807, 2.05) is 53.4 Å². The lowest BCUT2D eigenvalue weighted by molar-refractivity contribution is 0.0595. The van der Waals surface area contributed by atoms with E-state index in [1.54, 1.807) is 17.6 Å². The van der Waals surface area contributed by atoms with Gasteiger partial charge in [-0.2, -0.15) is 0 Å². The molecule has 0 saturated carbocycles. The quantitative estimate of drug-likeness (QED) is 0.625. The summed E-state index contributed by atoms with van der Waals surface area (Å²) >= 11 is 0. The number of carbonyl (C=O) groups excluding carboxylic acids is 1. The monoisotopic (exact) mass is 465 g/mol. The van der Waals surface area contributed by atoms with Crippen LogP contribution in [0.2, 0.25) is 0 Å². The number of anilines is 1. The summed E-state index contributed by atoms with van der Waals surface area (Å²) in [5, 5.41) is 2.14. The highest BCUT2D eigenvalue weighted by molar-refractivity contribution is 7.92. The van der Waals surface area contributed by atoms with Crippen LogP contribution in [0.25, 0.3) is 10.8 Å². The van der Waals surface area contributed by atoms with Crippen molar-refractivity contribution in [2.24, 2.45) is 5.92 Å². The third-order valence-electron chi connectivity index (χ3n) is 6.63. The first-order chi connectivity index (χ1) is 15.8. The SMILES string of the molecule is CCCS(=O)(=O)Nc1ccc2n(c1=O)CC1CC2CN(C(=O)c2ccc3ccccc3c2)C1. The van der Waals surface area contributed by atoms with Gasteiger partial charge in [-0.25, -0.2) is 8.42 Å². The van der Waals surface area contributed by atoms with Crippen LogP contribution in [-0.2, 0) is 16.6 Å². The van der Waals surface area contributed by atoms with Gasteiger partial charge in [-0.15, -0.1) is 0 Å². The number of hydrogen-bond donors (Lipinski definition) is 1. The van der Waals surface area contributed by atoms with Crippen molar-refractivity contribution in [3.05, 3.63) is 76.2 Å². The van der Waals surface area contributed by atoms with Gasteiger partial charge in [0.25, 0.3) is 11.5 Å². The van der Waals surface area contributed by atoms with Crippen molar-refractivity contribution in [1.82, 2.24) is 9.47 Å². The topological polar surface area (TPSA) is 88.5 Å². The molecule has 7 nitrogen and oxygen atoms in total. The van der Waals surface area contributed by atoms with Gasteiger partial charge < -0.3 is 9.47 Å².